The number of aromatic amines is 1. The molecular formula is C14H20N4. The van der Waals surface area contributed by atoms with Gasteiger partial charge in [0.15, 0.2) is 0 Å². The molecule has 1 aliphatic rings. The molecule has 1 atom stereocenters. The maximum Gasteiger partial charge on any atom is 0.142 e. The van der Waals surface area contributed by atoms with E-state index < -0.39 is 0 Å². The van der Waals surface area contributed by atoms with Crippen LogP contribution in [0.25, 0.3) is 11.0 Å². The van der Waals surface area contributed by atoms with Crippen molar-refractivity contribution in [2.45, 2.75) is 32.6 Å². The Balaban J connectivity index is 1.78. The van der Waals surface area contributed by atoms with E-state index in [1.54, 1.807) is 6.33 Å². The lowest BCUT2D eigenvalue weighted by Crippen LogP contribution is -2.21. The van der Waals surface area contributed by atoms with Crippen LogP contribution in [0, 0.1) is 5.92 Å². The Morgan fingerprint density at radius 3 is 3.28 bits per heavy atom. The lowest BCUT2D eigenvalue weighted by molar-refractivity contribution is 0.510. The Hall–Kier alpha value is -1.58. The predicted octanol–water partition coefficient (Wildman–Crippen LogP) is 2.97. The minimum absolute atomic E-state index is 0.842. The van der Waals surface area contributed by atoms with E-state index in [2.05, 4.69) is 32.8 Å². The summed E-state index contributed by atoms with van der Waals surface area (Å²) < 4.78 is 0. The SMILES string of the molecule is CCCC[C@@H]1CCN(c2ncnc3[nH]ccc23)C1. The van der Waals surface area contributed by atoms with E-state index in [1.807, 2.05) is 6.20 Å². The first kappa shape index (κ1) is 11.5. The van der Waals surface area contributed by atoms with Crippen molar-refractivity contribution in [1.82, 2.24) is 15.0 Å². The number of anilines is 1. The summed E-state index contributed by atoms with van der Waals surface area (Å²) >= 11 is 0. The molecule has 1 aliphatic heterocycles. The highest BCUT2D eigenvalue weighted by Gasteiger charge is 2.24. The van der Waals surface area contributed by atoms with Gasteiger partial charge in [0.2, 0.25) is 0 Å². The minimum atomic E-state index is 0.842. The van der Waals surface area contributed by atoms with E-state index in [4.69, 9.17) is 0 Å². The highest BCUT2D eigenvalue weighted by Crippen LogP contribution is 2.29. The van der Waals surface area contributed by atoms with Crippen LogP contribution in [0.3, 0.4) is 0 Å². The van der Waals surface area contributed by atoms with E-state index >= 15 is 0 Å². The van der Waals surface area contributed by atoms with Gasteiger partial charge in [0.25, 0.3) is 0 Å². The van der Waals surface area contributed by atoms with Gasteiger partial charge < -0.3 is 9.88 Å². The predicted molar refractivity (Wildman–Crippen MR) is 73.7 cm³/mol. The summed E-state index contributed by atoms with van der Waals surface area (Å²) in [6, 6.07) is 2.07. The fourth-order valence-electron chi connectivity index (χ4n) is 2.86. The lowest BCUT2D eigenvalue weighted by atomic mass is 10.0. The molecule has 0 amide bonds. The molecule has 0 spiro atoms. The smallest absolute Gasteiger partial charge is 0.142 e. The minimum Gasteiger partial charge on any atom is -0.356 e. The van der Waals surface area contributed by atoms with Crippen LogP contribution in [0.15, 0.2) is 18.6 Å². The average molecular weight is 244 g/mol. The molecule has 0 aliphatic carbocycles. The highest BCUT2D eigenvalue weighted by atomic mass is 15.2. The number of nitrogens with zero attached hydrogens (tertiary/aromatic N) is 3. The number of fused-ring (bicyclic) bond motifs is 1. The molecule has 4 heteroatoms. The summed E-state index contributed by atoms with van der Waals surface area (Å²) in [4.78, 5) is 14.3. The van der Waals surface area contributed by atoms with Crippen LogP contribution in [-0.4, -0.2) is 28.0 Å². The van der Waals surface area contributed by atoms with Crippen LogP contribution in [0.1, 0.15) is 32.6 Å². The van der Waals surface area contributed by atoms with E-state index in [1.165, 1.54) is 25.7 Å². The van der Waals surface area contributed by atoms with Crippen LogP contribution >= 0.6 is 0 Å². The van der Waals surface area contributed by atoms with E-state index in [-0.39, 0.29) is 0 Å². The monoisotopic (exact) mass is 244 g/mol. The van der Waals surface area contributed by atoms with Gasteiger partial charge in [-0.05, 0) is 24.8 Å². The molecule has 2 aromatic rings. The molecule has 1 N–H and O–H groups in total. The summed E-state index contributed by atoms with van der Waals surface area (Å²) in [5, 5.41) is 1.15. The second-order valence-corrected chi connectivity index (χ2v) is 5.18. The zero-order chi connectivity index (χ0) is 12.4. The third-order valence-corrected chi connectivity index (χ3v) is 3.88. The Kier molecular flexibility index (Phi) is 3.17. The maximum absolute atomic E-state index is 4.47. The molecule has 3 heterocycles. The zero-order valence-corrected chi connectivity index (χ0v) is 10.9. The summed E-state index contributed by atoms with van der Waals surface area (Å²) in [6.45, 7) is 4.55. The topological polar surface area (TPSA) is 44.8 Å². The van der Waals surface area contributed by atoms with Crippen LogP contribution < -0.4 is 4.90 Å². The van der Waals surface area contributed by atoms with Gasteiger partial charge in [-0.3, -0.25) is 0 Å². The summed E-state index contributed by atoms with van der Waals surface area (Å²) in [7, 11) is 0. The molecular weight excluding hydrogens is 224 g/mol. The molecule has 0 bridgehead atoms. The molecule has 2 aromatic heterocycles. The van der Waals surface area contributed by atoms with Crippen molar-refractivity contribution < 1.29 is 0 Å². The second-order valence-electron chi connectivity index (χ2n) is 5.18. The van der Waals surface area contributed by atoms with Gasteiger partial charge in [-0.1, -0.05) is 19.8 Å². The van der Waals surface area contributed by atoms with E-state index in [0.717, 1.165) is 35.9 Å². The van der Waals surface area contributed by atoms with Gasteiger partial charge in [0.1, 0.15) is 17.8 Å². The average Bonchev–Trinajstić information content (AvgIpc) is 3.04. The van der Waals surface area contributed by atoms with Crippen LogP contribution in [0.2, 0.25) is 0 Å². The number of nitrogens with one attached hydrogen (secondary N) is 1. The molecule has 4 nitrogen and oxygen atoms in total. The van der Waals surface area contributed by atoms with E-state index in [0.29, 0.717) is 0 Å². The van der Waals surface area contributed by atoms with Crippen molar-refractivity contribution in [2.24, 2.45) is 5.92 Å². The third kappa shape index (κ3) is 2.07. The van der Waals surface area contributed by atoms with Crippen molar-refractivity contribution in [1.29, 1.82) is 0 Å². The first-order chi connectivity index (χ1) is 8.88. The number of unbranched alkanes of at least 4 members (excludes halogenated alkanes) is 1. The van der Waals surface area contributed by atoms with Crippen molar-refractivity contribution in [2.75, 3.05) is 18.0 Å². The van der Waals surface area contributed by atoms with Gasteiger partial charge in [0, 0.05) is 19.3 Å². The van der Waals surface area contributed by atoms with Crippen molar-refractivity contribution in [3.8, 4) is 0 Å². The number of H-pyrrole nitrogens is 1. The molecule has 0 saturated carbocycles. The Morgan fingerprint density at radius 2 is 2.39 bits per heavy atom. The van der Waals surface area contributed by atoms with E-state index in [9.17, 15) is 0 Å². The second kappa shape index (κ2) is 4.96. The molecule has 1 fully saturated rings. The standard InChI is InChI=1S/C14H20N4/c1-2-3-4-11-6-8-18(9-11)14-12-5-7-15-13(12)16-10-17-14/h5,7,10-11H,2-4,6,8-9H2,1H3,(H,15,16,17)/t11-/m1/s1. The fourth-order valence-corrected chi connectivity index (χ4v) is 2.86. The first-order valence-electron chi connectivity index (χ1n) is 6.91. The molecule has 96 valence electrons. The van der Waals surface area contributed by atoms with Crippen LogP contribution in [0.5, 0.6) is 0 Å². The highest BCUT2D eigenvalue weighted by molar-refractivity contribution is 5.87. The third-order valence-electron chi connectivity index (χ3n) is 3.88. The molecule has 0 aromatic carbocycles. The van der Waals surface area contributed by atoms with Gasteiger partial charge in [-0.15, -0.1) is 0 Å². The Morgan fingerprint density at radius 1 is 1.44 bits per heavy atom. The van der Waals surface area contributed by atoms with Crippen molar-refractivity contribution in [3.63, 3.8) is 0 Å². The quantitative estimate of drug-likeness (QED) is 0.899. The fraction of sp³-hybridized carbons (Fsp3) is 0.571. The lowest BCUT2D eigenvalue weighted by Gasteiger charge is -2.18. The number of aromatic nitrogens is 3. The normalized spacial score (nSPS) is 19.8. The van der Waals surface area contributed by atoms with Crippen molar-refractivity contribution >= 4 is 16.9 Å². The summed E-state index contributed by atoms with van der Waals surface area (Å²) in [5.41, 5.74) is 0.942. The Bertz CT molecular complexity index is 519. The van der Waals surface area contributed by atoms with Gasteiger partial charge in [-0.2, -0.15) is 0 Å². The molecule has 3 rings (SSSR count). The van der Waals surface area contributed by atoms with Gasteiger partial charge in [0.05, 0.1) is 5.39 Å². The molecule has 0 radical (unpaired) electrons. The maximum atomic E-state index is 4.47. The van der Waals surface area contributed by atoms with Crippen LogP contribution in [0.4, 0.5) is 5.82 Å². The molecule has 18 heavy (non-hydrogen) atoms. The molecule has 1 saturated heterocycles. The summed E-state index contributed by atoms with van der Waals surface area (Å²) in [5.74, 6) is 1.94. The molecule has 0 unspecified atom stereocenters. The van der Waals surface area contributed by atoms with Crippen LogP contribution in [-0.2, 0) is 0 Å². The van der Waals surface area contributed by atoms with Gasteiger partial charge in [-0.25, -0.2) is 9.97 Å². The number of hydrogen-bond donors (Lipinski definition) is 1. The number of rotatable bonds is 4. The van der Waals surface area contributed by atoms with Crippen molar-refractivity contribution in [3.05, 3.63) is 18.6 Å². The largest absolute Gasteiger partial charge is 0.356 e. The van der Waals surface area contributed by atoms with Gasteiger partial charge >= 0.3 is 0 Å². The summed E-state index contributed by atoms with van der Waals surface area (Å²) in [6.07, 6.45) is 8.90. The first-order valence-corrected chi connectivity index (χ1v) is 6.91. The Labute approximate surface area is 107 Å². The number of hydrogen-bond acceptors (Lipinski definition) is 3. The zero-order valence-electron chi connectivity index (χ0n) is 10.9.